The molecule has 3 rings (SSSR count). The molecule has 1 aromatic rings. The van der Waals surface area contributed by atoms with Crippen LogP contribution in [-0.4, -0.2) is 56.6 Å². The monoisotopic (exact) mass is 428 g/mol. The van der Waals surface area contributed by atoms with Crippen LogP contribution in [-0.2, 0) is 24.2 Å². The number of morpholine rings is 1. The van der Waals surface area contributed by atoms with Crippen molar-refractivity contribution in [1.29, 1.82) is 5.26 Å². The highest BCUT2D eigenvalue weighted by molar-refractivity contribution is 7.92. The SMILES string of the molecule is N#CC(=O)[C@@H]1C[C@@H](S(=O)(=O)c2ccc(F)c(Cl)c2)C[C@H]1C(=O)N1CCOCC1. The van der Waals surface area contributed by atoms with E-state index in [0.29, 0.717) is 26.3 Å². The fourth-order valence-electron chi connectivity index (χ4n) is 3.75. The molecular weight excluding hydrogens is 411 g/mol. The first-order valence-corrected chi connectivity index (χ1v) is 10.7. The first-order valence-electron chi connectivity index (χ1n) is 8.75. The van der Waals surface area contributed by atoms with Crippen molar-refractivity contribution >= 4 is 33.1 Å². The van der Waals surface area contributed by atoms with Crippen LogP contribution in [0.1, 0.15) is 12.8 Å². The van der Waals surface area contributed by atoms with Crippen LogP contribution in [0.15, 0.2) is 23.1 Å². The Morgan fingerprint density at radius 3 is 2.46 bits per heavy atom. The summed E-state index contributed by atoms with van der Waals surface area (Å²) in [5.41, 5.74) is 0. The van der Waals surface area contributed by atoms with Gasteiger partial charge in [0.05, 0.1) is 34.3 Å². The predicted octanol–water partition coefficient (Wildman–Crippen LogP) is 1.60. The number of halogens is 2. The van der Waals surface area contributed by atoms with Gasteiger partial charge in [-0.05, 0) is 31.0 Å². The number of ether oxygens (including phenoxy) is 1. The molecule has 1 aromatic carbocycles. The van der Waals surface area contributed by atoms with Gasteiger partial charge < -0.3 is 9.64 Å². The summed E-state index contributed by atoms with van der Waals surface area (Å²) < 4.78 is 44.6. The minimum Gasteiger partial charge on any atom is -0.378 e. The molecule has 0 unspecified atom stereocenters. The van der Waals surface area contributed by atoms with Gasteiger partial charge >= 0.3 is 0 Å². The van der Waals surface area contributed by atoms with Gasteiger partial charge in [-0.25, -0.2) is 12.8 Å². The Balaban J connectivity index is 1.89. The number of carbonyl (C=O) groups excluding carboxylic acids is 2. The van der Waals surface area contributed by atoms with Gasteiger partial charge in [0.15, 0.2) is 9.84 Å². The predicted molar refractivity (Wildman–Crippen MR) is 96.6 cm³/mol. The topological polar surface area (TPSA) is 105 Å². The Morgan fingerprint density at radius 1 is 1.21 bits per heavy atom. The number of sulfone groups is 1. The molecule has 1 saturated carbocycles. The third-order valence-electron chi connectivity index (χ3n) is 5.26. The number of Topliss-reactive ketones (excluding diaryl/α,β-unsaturated/α-hetero) is 1. The highest BCUT2D eigenvalue weighted by Gasteiger charge is 2.48. The first-order chi connectivity index (χ1) is 13.3. The summed E-state index contributed by atoms with van der Waals surface area (Å²) in [7, 11) is -3.96. The summed E-state index contributed by atoms with van der Waals surface area (Å²) in [4.78, 5) is 26.3. The maximum Gasteiger partial charge on any atom is 0.235 e. The van der Waals surface area contributed by atoms with Crippen LogP contribution in [0.2, 0.25) is 5.02 Å². The van der Waals surface area contributed by atoms with Gasteiger partial charge in [-0.3, -0.25) is 9.59 Å². The van der Waals surface area contributed by atoms with E-state index in [9.17, 15) is 22.4 Å². The molecule has 1 aliphatic heterocycles. The molecule has 0 radical (unpaired) electrons. The van der Waals surface area contributed by atoms with Gasteiger partial charge in [-0.1, -0.05) is 11.6 Å². The lowest BCUT2D eigenvalue weighted by Gasteiger charge is -2.30. The Kier molecular flexibility index (Phi) is 6.03. The van der Waals surface area contributed by atoms with Crippen molar-refractivity contribution in [2.45, 2.75) is 23.0 Å². The van der Waals surface area contributed by atoms with Crippen LogP contribution in [0.4, 0.5) is 4.39 Å². The fourth-order valence-corrected chi connectivity index (χ4v) is 5.85. The quantitative estimate of drug-likeness (QED) is 0.533. The smallest absolute Gasteiger partial charge is 0.235 e. The molecule has 1 heterocycles. The largest absolute Gasteiger partial charge is 0.378 e. The summed E-state index contributed by atoms with van der Waals surface area (Å²) in [6.07, 6.45) is -0.212. The fraction of sp³-hybridized carbons (Fsp3) is 0.500. The molecule has 1 saturated heterocycles. The second-order valence-corrected chi connectivity index (χ2v) is 9.48. The zero-order valence-corrected chi connectivity index (χ0v) is 16.4. The van der Waals surface area contributed by atoms with E-state index < -0.39 is 38.5 Å². The molecule has 1 amide bonds. The number of carbonyl (C=O) groups is 2. The number of benzene rings is 1. The molecule has 0 N–H and O–H groups in total. The van der Waals surface area contributed by atoms with Crippen LogP contribution >= 0.6 is 11.6 Å². The van der Waals surface area contributed by atoms with Crippen molar-refractivity contribution in [2.24, 2.45) is 11.8 Å². The Morgan fingerprint density at radius 2 is 1.86 bits per heavy atom. The summed E-state index contributed by atoms with van der Waals surface area (Å²) in [5.74, 6) is -3.77. The summed E-state index contributed by atoms with van der Waals surface area (Å²) in [5, 5.41) is 7.66. The van der Waals surface area contributed by atoms with E-state index in [4.69, 9.17) is 21.6 Å². The van der Waals surface area contributed by atoms with Crippen LogP contribution in [0, 0.1) is 29.0 Å². The van der Waals surface area contributed by atoms with E-state index in [2.05, 4.69) is 0 Å². The summed E-state index contributed by atoms with van der Waals surface area (Å²) in [6.45, 7) is 1.44. The van der Waals surface area contributed by atoms with Gasteiger partial charge in [0.25, 0.3) is 0 Å². The van der Waals surface area contributed by atoms with Crippen molar-refractivity contribution in [3.63, 3.8) is 0 Å². The zero-order chi connectivity index (χ0) is 20.5. The van der Waals surface area contributed by atoms with E-state index in [-0.39, 0.29) is 28.7 Å². The molecule has 0 bridgehead atoms. The number of amides is 1. The van der Waals surface area contributed by atoms with E-state index >= 15 is 0 Å². The molecule has 10 heteroatoms. The van der Waals surface area contributed by atoms with Gasteiger partial charge in [0.2, 0.25) is 11.7 Å². The van der Waals surface area contributed by atoms with Crippen LogP contribution in [0.5, 0.6) is 0 Å². The third-order valence-corrected chi connectivity index (χ3v) is 7.73. The summed E-state index contributed by atoms with van der Waals surface area (Å²) >= 11 is 5.70. The van der Waals surface area contributed by atoms with Crippen molar-refractivity contribution < 1.29 is 27.1 Å². The molecule has 1 aliphatic carbocycles. The van der Waals surface area contributed by atoms with Gasteiger partial charge in [-0.15, -0.1) is 0 Å². The Bertz CT molecular complexity index is 940. The average molecular weight is 429 g/mol. The maximum atomic E-state index is 13.4. The molecule has 28 heavy (non-hydrogen) atoms. The number of rotatable bonds is 4. The molecule has 2 fully saturated rings. The van der Waals surface area contributed by atoms with Crippen LogP contribution in [0.3, 0.4) is 0 Å². The van der Waals surface area contributed by atoms with E-state index in [1.165, 1.54) is 11.0 Å². The maximum absolute atomic E-state index is 13.4. The molecule has 2 aliphatic rings. The molecule has 0 spiro atoms. The second-order valence-electron chi connectivity index (χ2n) is 6.84. The highest BCUT2D eigenvalue weighted by atomic mass is 35.5. The lowest BCUT2D eigenvalue weighted by Crippen LogP contribution is -2.45. The average Bonchev–Trinajstić information content (AvgIpc) is 3.15. The zero-order valence-electron chi connectivity index (χ0n) is 14.8. The number of nitriles is 1. The number of hydrogen-bond donors (Lipinski definition) is 0. The molecule has 3 atom stereocenters. The second kappa shape index (κ2) is 8.15. The van der Waals surface area contributed by atoms with Crippen molar-refractivity contribution in [3.8, 4) is 6.07 Å². The number of ketones is 1. The van der Waals surface area contributed by atoms with Crippen molar-refractivity contribution in [3.05, 3.63) is 29.0 Å². The number of nitrogens with zero attached hydrogens (tertiary/aromatic N) is 2. The van der Waals surface area contributed by atoms with Gasteiger partial charge in [0, 0.05) is 19.0 Å². The first kappa shape index (κ1) is 20.7. The lowest BCUT2D eigenvalue weighted by atomic mass is 9.91. The van der Waals surface area contributed by atoms with Crippen molar-refractivity contribution in [2.75, 3.05) is 26.3 Å². The standard InChI is InChI=1S/C18H18ClFN2O5S/c19-15-9-11(1-2-16(15)20)28(25,26)12-7-13(17(23)10-21)14(8-12)18(24)22-3-5-27-6-4-22/h1-2,9,12-14H,3-8H2/t12-,13-,14-/m1/s1. The molecular formula is C18H18ClFN2O5S. The minimum absolute atomic E-state index is 0.0778. The number of hydrogen-bond acceptors (Lipinski definition) is 6. The highest BCUT2D eigenvalue weighted by Crippen LogP contribution is 2.40. The van der Waals surface area contributed by atoms with Crippen LogP contribution < -0.4 is 0 Å². The van der Waals surface area contributed by atoms with Crippen molar-refractivity contribution in [1.82, 2.24) is 4.90 Å². The van der Waals surface area contributed by atoms with Gasteiger partial charge in [0.1, 0.15) is 11.9 Å². The van der Waals surface area contributed by atoms with Crippen LogP contribution in [0.25, 0.3) is 0 Å². The molecule has 0 aromatic heterocycles. The third kappa shape index (κ3) is 3.90. The lowest BCUT2D eigenvalue weighted by molar-refractivity contribution is -0.142. The van der Waals surface area contributed by atoms with E-state index in [1.54, 1.807) is 0 Å². The van der Waals surface area contributed by atoms with Gasteiger partial charge in [-0.2, -0.15) is 5.26 Å². The molecule has 7 nitrogen and oxygen atoms in total. The van der Waals surface area contributed by atoms with E-state index in [1.807, 2.05) is 0 Å². The molecule has 150 valence electrons. The van der Waals surface area contributed by atoms with E-state index in [0.717, 1.165) is 18.2 Å². The normalized spacial score (nSPS) is 25.3. The Labute approximate surface area is 166 Å². The minimum atomic E-state index is -3.96. The Hall–Kier alpha value is -2.02. The summed E-state index contributed by atoms with van der Waals surface area (Å²) in [6, 6.07) is 4.60.